The molecule has 1 fully saturated rings. The van der Waals surface area contributed by atoms with Crippen molar-refractivity contribution in [3.05, 3.63) is 59.7 Å². The Labute approximate surface area is 190 Å². The molecule has 1 heterocycles. The summed E-state index contributed by atoms with van der Waals surface area (Å²) in [5.74, 6) is 1.03. The lowest BCUT2D eigenvalue weighted by atomic mass is 10.0. The predicted molar refractivity (Wildman–Crippen MR) is 124 cm³/mol. The number of nitrogens with one attached hydrogen (secondary N) is 2. The summed E-state index contributed by atoms with van der Waals surface area (Å²) in [5, 5.41) is 5.68. The molecule has 0 spiro atoms. The zero-order valence-corrected chi connectivity index (χ0v) is 18.9. The van der Waals surface area contributed by atoms with E-state index in [2.05, 4.69) is 27.7 Å². The van der Waals surface area contributed by atoms with Gasteiger partial charge in [0.25, 0.3) is 5.91 Å². The van der Waals surface area contributed by atoms with Crippen LogP contribution in [0.25, 0.3) is 0 Å². The van der Waals surface area contributed by atoms with Crippen molar-refractivity contribution in [2.24, 2.45) is 0 Å². The van der Waals surface area contributed by atoms with E-state index in [0.717, 1.165) is 24.4 Å². The van der Waals surface area contributed by atoms with Gasteiger partial charge in [0.1, 0.15) is 11.5 Å². The molecule has 0 aromatic heterocycles. The quantitative estimate of drug-likeness (QED) is 0.595. The van der Waals surface area contributed by atoms with Crippen LogP contribution in [0.5, 0.6) is 11.5 Å². The van der Waals surface area contributed by atoms with E-state index < -0.39 is 0 Å². The van der Waals surface area contributed by atoms with Crippen LogP contribution in [0.1, 0.15) is 48.1 Å². The van der Waals surface area contributed by atoms with Gasteiger partial charge in [-0.3, -0.25) is 14.5 Å². The van der Waals surface area contributed by atoms with Gasteiger partial charge in [0.05, 0.1) is 26.3 Å². The lowest BCUT2D eigenvalue weighted by molar-refractivity contribution is -0.120. The molecule has 3 rings (SSSR count). The molecule has 2 aromatic rings. The molecule has 1 atom stereocenters. The monoisotopic (exact) mass is 439 g/mol. The van der Waals surface area contributed by atoms with E-state index >= 15 is 0 Å². The third-order valence-electron chi connectivity index (χ3n) is 5.66. The van der Waals surface area contributed by atoms with Crippen LogP contribution in [0.4, 0.5) is 0 Å². The first-order valence-corrected chi connectivity index (χ1v) is 11.3. The Bertz CT molecular complexity index is 862. The van der Waals surface area contributed by atoms with Crippen molar-refractivity contribution in [1.82, 2.24) is 15.5 Å². The topological polar surface area (TPSA) is 79.9 Å². The zero-order chi connectivity index (χ0) is 22.8. The summed E-state index contributed by atoms with van der Waals surface area (Å²) in [7, 11) is 1.65. The van der Waals surface area contributed by atoms with Gasteiger partial charge in [0.15, 0.2) is 0 Å². The van der Waals surface area contributed by atoms with Gasteiger partial charge in [-0.05, 0) is 74.8 Å². The van der Waals surface area contributed by atoms with Gasteiger partial charge in [-0.25, -0.2) is 0 Å². The highest BCUT2D eigenvalue weighted by Gasteiger charge is 2.23. The molecule has 1 aliphatic heterocycles. The number of carbonyl (C=O) groups is 2. The Morgan fingerprint density at radius 1 is 0.938 bits per heavy atom. The summed E-state index contributed by atoms with van der Waals surface area (Å²) in [6.45, 7) is 4.93. The highest BCUT2D eigenvalue weighted by Crippen LogP contribution is 2.25. The Hall–Kier alpha value is -3.06. The third-order valence-corrected chi connectivity index (χ3v) is 5.66. The number of benzene rings is 2. The summed E-state index contributed by atoms with van der Waals surface area (Å²) < 4.78 is 10.7. The van der Waals surface area contributed by atoms with Crippen LogP contribution in [0, 0.1) is 0 Å². The number of amides is 2. The molecule has 172 valence electrons. The van der Waals surface area contributed by atoms with E-state index in [9.17, 15) is 9.59 Å². The number of likely N-dealkylation sites (tertiary alicyclic amines) is 1. The maximum Gasteiger partial charge on any atom is 0.251 e. The lowest BCUT2D eigenvalue weighted by Crippen LogP contribution is -2.43. The van der Waals surface area contributed by atoms with Crippen molar-refractivity contribution in [2.75, 3.05) is 39.9 Å². The minimum Gasteiger partial charge on any atom is -0.497 e. The van der Waals surface area contributed by atoms with Crippen molar-refractivity contribution in [1.29, 1.82) is 0 Å². The Balaban J connectivity index is 1.54. The molecular weight excluding hydrogens is 406 g/mol. The lowest BCUT2D eigenvalue weighted by Gasteiger charge is -2.35. The third kappa shape index (κ3) is 6.72. The van der Waals surface area contributed by atoms with E-state index in [1.807, 2.05) is 19.1 Å². The van der Waals surface area contributed by atoms with E-state index in [0.29, 0.717) is 24.5 Å². The van der Waals surface area contributed by atoms with Crippen molar-refractivity contribution in [3.8, 4) is 11.5 Å². The number of carbonyl (C=O) groups excluding carboxylic acids is 2. The number of ether oxygens (including phenoxy) is 2. The zero-order valence-electron chi connectivity index (χ0n) is 18.9. The van der Waals surface area contributed by atoms with Crippen molar-refractivity contribution >= 4 is 11.8 Å². The van der Waals surface area contributed by atoms with E-state index in [4.69, 9.17) is 9.47 Å². The van der Waals surface area contributed by atoms with Crippen LogP contribution in [0.15, 0.2) is 48.5 Å². The molecule has 0 radical (unpaired) electrons. The largest absolute Gasteiger partial charge is 0.497 e. The van der Waals surface area contributed by atoms with E-state index in [1.54, 1.807) is 31.4 Å². The minimum atomic E-state index is -0.286. The molecule has 1 unspecified atom stereocenters. The number of hydrogen-bond acceptors (Lipinski definition) is 5. The predicted octanol–water partition coefficient (Wildman–Crippen LogP) is 3.17. The van der Waals surface area contributed by atoms with Gasteiger partial charge in [0.2, 0.25) is 5.91 Å². The first-order valence-electron chi connectivity index (χ1n) is 11.3. The minimum absolute atomic E-state index is 0.0681. The molecule has 7 nitrogen and oxygen atoms in total. The van der Waals surface area contributed by atoms with Gasteiger partial charge < -0.3 is 20.1 Å². The summed E-state index contributed by atoms with van der Waals surface area (Å²) in [6.07, 6.45) is 3.58. The van der Waals surface area contributed by atoms with Gasteiger partial charge in [0, 0.05) is 12.1 Å². The van der Waals surface area contributed by atoms with Gasteiger partial charge >= 0.3 is 0 Å². The van der Waals surface area contributed by atoms with Crippen LogP contribution in [-0.4, -0.2) is 56.6 Å². The number of piperidine rings is 1. The molecule has 0 saturated carbocycles. The van der Waals surface area contributed by atoms with Crippen LogP contribution < -0.4 is 20.1 Å². The fourth-order valence-electron chi connectivity index (χ4n) is 3.92. The summed E-state index contributed by atoms with van der Waals surface area (Å²) in [6, 6.07) is 15.0. The first-order chi connectivity index (χ1) is 15.6. The second-order valence-electron chi connectivity index (χ2n) is 7.83. The SMILES string of the molecule is CCOc1ccc(C(=O)NCC(=O)NCC(c2ccc(OC)cc2)N2CCCCC2)cc1. The average Bonchev–Trinajstić information content (AvgIpc) is 2.84. The van der Waals surface area contributed by atoms with Gasteiger partial charge in [-0.15, -0.1) is 0 Å². The molecular formula is C25H33N3O4. The molecule has 32 heavy (non-hydrogen) atoms. The summed E-state index contributed by atoms with van der Waals surface area (Å²) >= 11 is 0. The van der Waals surface area contributed by atoms with Crippen LogP contribution in [-0.2, 0) is 4.79 Å². The van der Waals surface area contributed by atoms with Gasteiger partial charge in [-0.1, -0.05) is 18.6 Å². The fourth-order valence-corrected chi connectivity index (χ4v) is 3.92. The van der Waals surface area contributed by atoms with Crippen molar-refractivity contribution < 1.29 is 19.1 Å². The first kappa shape index (κ1) is 23.6. The molecule has 1 aliphatic rings. The fraction of sp³-hybridized carbons (Fsp3) is 0.440. The molecule has 7 heteroatoms. The van der Waals surface area contributed by atoms with Crippen molar-refractivity contribution in [3.63, 3.8) is 0 Å². The van der Waals surface area contributed by atoms with E-state index in [-0.39, 0.29) is 24.4 Å². The number of hydrogen-bond donors (Lipinski definition) is 2. The summed E-state index contributed by atoms with van der Waals surface area (Å²) in [4.78, 5) is 27.2. The number of methoxy groups -OCH3 is 1. The Morgan fingerprint density at radius 2 is 1.59 bits per heavy atom. The molecule has 0 aliphatic carbocycles. The Kier molecular flexibility index (Phi) is 8.92. The second-order valence-corrected chi connectivity index (χ2v) is 7.83. The molecule has 0 bridgehead atoms. The van der Waals surface area contributed by atoms with Crippen LogP contribution in [0.3, 0.4) is 0 Å². The second kappa shape index (κ2) is 12.1. The maximum atomic E-state index is 12.5. The number of nitrogens with zero attached hydrogens (tertiary/aromatic N) is 1. The molecule has 1 saturated heterocycles. The number of rotatable bonds is 10. The van der Waals surface area contributed by atoms with E-state index in [1.165, 1.54) is 19.3 Å². The Morgan fingerprint density at radius 3 is 2.22 bits per heavy atom. The van der Waals surface area contributed by atoms with Crippen LogP contribution >= 0.6 is 0 Å². The molecule has 2 amide bonds. The standard InChI is InChI=1S/C25H33N3O4/c1-3-32-22-13-9-20(10-14-22)25(30)27-18-24(29)26-17-23(28-15-5-4-6-16-28)19-7-11-21(31-2)12-8-19/h7-14,23H,3-6,15-18H2,1-2H3,(H,26,29)(H,27,30). The van der Waals surface area contributed by atoms with Crippen LogP contribution in [0.2, 0.25) is 0 Å². The highest BCUT2D eigenvalue weighted by molar-refractivity contribution is 5.96. The average molecular weight is 440 g/mol. The highest BCUT2D eigenvalue weighted by atomic mass is 16.5. The maximum absolute atomic E-state index is 12.5. The van der Waals surface area contributed by atoms with Crippen molar-refractivity contribution in [2.45, 2.75) is 32.2 Å². The van der Waals surface area contributed by atoms with Gasteiger partial charge in [-0.2, -0.15) is 0 Å². The smallest absolute Gasteiger partial charge is 0.251 e. The summed E-state index contributed by atoms with van der Waals surface area (Å²) in [5.41, 5.74) is 1.64. The molecule has 2 N–H and O–H groups in total. The molecule has 2 aromatic carbocycles. The normalized spacial score (nSPS) is 14.9.